The van der Waals surface area contributed by atoms with Crippen molar-refractivity contribution in [1.29, 1.82) is 0 Å². The molecule has 0 saturated heterocycles. The second-order valence-electron chi connectivity index (χ2n) is 7.29. The zero-order chi connectivity index (χ0) is 22.5. The molecule has 0 amide bonds. The molecule has 0 spiro atoms. The second-order valence-corrected chi connectivity index (χ2v) is 8.27. The van der Waals surface area contributed by atoms with Gasteiger partial charge in [-0.15, -0.1) is 0 Å². The summed E-state index contributed by atoms with van der Waals surface area (Å²) in [6, 6.07) is 20.2. The number of esters is 1. The van der Waals surface area contributed by atoms with Crippen LogP contribution in [0.4, 0.5) is 9.52 Å². The molecule has 0 unspecified atom stereocenters. The molecule has 0 radical (unpaired) electrons. The van der Waals surface area contributed by atoms with E-state index in [-0.39, 0.29) is 11.8 Å². The number of carbonyl (C=O) groups excluding carboxylic acids is 1. The average Bonchev–Trinajstić information content (AvgIpc) is 3.27. The first-order valence-corrected chi connectivity index (χ1v) is 11.0. The van der Waals surface area contributed by atoms with Gasteiger partial charge in [0.2, 0.25) is 0 Å². The Morgan fingerprint density at radius 3 is 2.38 bits per heavy atom. The number of aromatic nitrogens is 1. The van der Waals surface area contributed by atoms with E-state index in [0.29, 0.717) is 28.9 Å². The molecule has 0 aliphatic rings. The minimum atomic E-state index is -0.366. The molecule has 0 bridgehead atoms. The van der Waals surface area contributed by atoms with Crippen LogP contribution < -0.4 is 9.64 Å². The Bertz CT molecular complexity index is 1210. The third kappa shape index (κ3) is 4.89. The maximum absolute atomic E-state index is 14.3. The lowest BCUT2D eigenvalue weighted by atomic mass is 10.1. The predicted molar refractivity (Wildman–Crippen MR) is 125 cm³/mol. The molecule has 0 fully saturated rings. The third-order valence-electron chi connectivity index (χ3n) is 5.20. The maximum atomic E-state index is 14.3. The molecular formula is C25H23FN2O3S. The summed E-state index contributed by atoms with van der Waals surface area (Å²) in [6.45, 7) is 1.28. The minimum absolute atomic E-state index is 0.260. The standard InChI is InChI=1S/C25H23FN2O3S/c1-30-20-12-8-17(9-13-20)14-15-28(16-18-6-10-19(11-7-18)24(29)31-2)25-27-22-5-3-4-21(26)23(22)32-25/h3-13H,14-16H2,1-2H3. The van der Waals surface area contributed by atoms with Crippen molar-refractivity contribution in [2.24, 2.45) is 0 Å². The van der Waals surface area contributed by atoms with E-state index in [0.717, 1.165) is 22.9 Å². The van der Waals surface area contributed by atoms with Crippen molar-refractivity contribution in [2.75, 3.05) is 25.7 Å². The lowest BCUT2D eigenvalue weighted by Gasteiger charge is -2.22. The Balaban J connectivity index is 1.59. The smallest absolute Gasteiger partial charge is 0.337 e. The predicted octanol–water partition coefficient (Wildman–Crippen LogP) is 5.48. The monoisotopic (exact) mass is 450 g/mol. The maximum Gasteiger partial charge on any atom is 0.337 e. The van der Waals surface area contributed by atoms with Crippen LogP contribution in [0.2, 0.25) is 0 Å². The zero-order valence-electron chi connectivity index (χ0n) is 17.9. The number of anilines is 1. The van der Waals surface area contributed by atoms with Crippen molar-refractivity contribution >= 4 is 32.7 Å². The quantitative estimate of drug-likeness (QED) is 0.333. The van der Waals surface area contributed by atoms with E-state index in [9.17, 15) is 9.18 Å². The number of ether oxygens (including phenoxy) is 2. The molecule has 4 rings (SSSR count). The fourth-order valence-corrected chi connectivity index (χ4v) is 4.42. The van der Waals surface area contributed by atoms with E-state index >= 15 is 0 Å². The summed E-state index contributed by atoms with van der Waals surface area (Å²) in [4.78, 5) is 18.5. The summed E-state index contributed by atoms with van der Waals surface area (Å²) in [5, 5.41) is 0.760. The van der Waals surface area contributed by atoms with Gasteiger partial charge in [0.25, 0.3) is 0 Å². The Morgan fingerprint density at radius 2 is 1.72 bits per heavy atom. The van der Waals surface area contributed by atoms with E-state index < -0.39 is 0 Å². The zero-order valence-corrected chi connectivity index (χ0v) is 18.7. The van der Waals surface area contributed by atoms with Crippen LogP contribution >= 0.6 is 11.3 Å². The van der Waals surface area contributed by atoms with Crippen LogP contribution in [-0.2, 0) is 17.7 Å². The van der Waals surface area contributed by atoms with Crippen LogP contribution in [0.5, 0.6) is 5.75 Å². The van der Waals surface area contributed by atoms with E-state index in [1.165, 1.54) is 30.1 Å². The van der Waals surface area contributed by atoms with Crippen molar-refractivity contribution in [3.63, 3.8) is 0 Å². The normalized spacial score (nSPS) is 10.8. The highest BCUT2D eigenvalue weighted by molar-refractivity contribution is 7.22. The summed E-state index contributed by atoms with van der Waals surface area (Å²) in [5.74, 6) is 0.191. The highest BCUT2D eigenvalue weighted by Gasteiger charge is 2.16. The second kappa shape index (κ2) is 9.78. The lowest BCUT2D eigenvalue weighted by Crippen LogP contribution is -2.25. The number of thiazole rings is 1. The van der Waals surface area contributed by atoms with Crippen molar-refractivity contribution in [1.82, 2.24) is 4.98 Å². The number of fused-ring (bicyclic) bond motifs is 1. The summed E-state index contributed by atoms with van der Waals surface area (Å²) < 4.78 is 24.8. The molecule has 0 atom stereocenters. The van der Waals surface area contributed by atoms with Gasteiger partial charge in [-0.2, -0.15) is 0 Å². The molecule has 32 heavy (non-hydrogen) atoms. The van der Waals surface area contributed by atoms with Crippen molar-refractivity contribution in [2.45, 2.75) is 13.0 Å². The molecule has 1 heterocycles. The number of benzene rings is 3. The van der Waals surface area contributed by atoms with Gasteiger partial charge in [0.15, 0.2) is 5.13 Å². The van der Waals surface area contributed by atoms with Crippen molar-refractivity contribution in [3.05, 3.63) is 89.2 Å². The molecule has 5 nitrogen and oxygen atoms in total. The molecule has 0 N–H and O–H groups in total. The number of halogens is 1. The van der Waals surface area contributed by atoms with Crippen LogP contribution in [0.3, 0.4) is 0 Å². The number of nitrogens with zero attached hydrogens (tertiary/aromatic N) is 2. The van der Waals surface area contributed by atoms with E-state index in [1.807, 2.05) is 42.5 Å². The fourth-order valence-electron chi connectivity index (χ4n) is 3.42. The first-order chi connectivity index (χ1) is 15.6. The number of hydrogen-bond acceptors (Lipinski definition) is 6. The average molecular weight is 451 g/mol. The largest absolute Gasteiger partial charge is 0.497 e. The molecule has 1 aromatic heterocycles. The number of methoxy groups -OCH3 is 2. The number of rotatable bonds is 8. The van der Waals surface area contributed by atoms with Gasteiger partial charge < -0.3 is 14.4 Å². The van der Waals surface area contributed by atoms with Crippen LogP contribution in [-0.4, -0.2) is 31.7 Å². The van der Waals surface area contributed by atoms with Gasteiger partial charge >= 0.3 is 5.97 Å². The minimum Gasteiger partial charge on any atom is -0.497 e. The summed E-state index contributed by atoms with van der Waals surface area (Å²) in [5.41, 5.74) is 3.35. The Labute approximate surface area is 190 Å². The van der Waals surface area contributed by atoms with Crippen LogP contribution in [0.1, 0.15) is 21.5 Å². The molecule has 4 aromatic rings. The Morgan fingerprint density at radius 1 is 1.00 bits per heavy atom. The van der Waals surface area contributed by atoms with Gasteiger partial charge in [-0.3, -0.25) is 0 Å². The van der Waals surface area contributed by atoms with Gasteiger partial charge in [0.1, 0.15) is 11.6 Å². The lowest BCUT2D eigenvalue weighted by molar-refractivity contribution is 0.0600. The highest BCUT2D eigenvalue weighted by Crippen LogP contribution is 2.31. The van der Waals surface area contributed by atoms with E-state index in [2.05, 4.69) is 9.88 Å². The topological polar surface area (TPSA) is 51.7 Å². The first-order valence-electron chi connectivity index (χ1n) is 10.2. The molecule has 7 heteroatoms. The van der Waals surface area contributed by atoms with Gasteiger partial charge in [0, 0.05) is 13.1 Å². The van der Waals surface area contributed by atoms with Crippen LogP contribution in [0, 0.1) is 5.82 Å². The molecular weight excluding hydrogens is 427 g/mol. The molecule has 3 aromatic carbocycles. The van der Waals surface area contributed by atoms with Crippen molar-refractivity contribution in [3.8, 4) is 5.75 Å². The fraction of sp³-hybridized carbons (Fsp3) is 0.200. The number of carbonyl (C=O) groups is 1. The molecule has 164 valence electrons. The van der Waals surface area contributed by atoms with Gasteiger partial charge in [-0.1, -0.05) is 41.7 Å². The Hall–Kier alpha value is -3.45. The first kappa shape index (κ1) is 21.8. The van der Waals surface area contributed by atoms with Gasteiger partial charge in [-0.25, -0.2) is 14.2 Å². The Kier molecular flexibility index (Phi) is 6.66. The SMILES string of the molecule is COC(=O)c1ccc(CN(CCc2ccc(OC)cc2)c2nc3cccc(F)c3s2)cc1. The highest BCUT2D eigenvalue weighted by atomic mass is 32.1. The molecule has 0 saturated carbocycles. The molecule has 0 aliphatic carbocycles. The number of hydrogen-bond donors (Lipinski definition) is 0. The van der Waals surface area contributed by atoms with Gasteiger partial charge in [0.05, 0.1) is 30.0 Å². The van der Waals surface area contributed by atoms with Crippen LogP contribution in [0.25, 0.3) is 10.2 Å². The third-order valence-corrected chi connectivity index (χ3v) is 6.34. The van der Waals surface area contributed by atoms with E-state index in [1.54, 1.807) is 25.3 Å². The van der Waals surface area contributed by atoms with E-state index in [4.69, 9.17) is 9.47 Å². The summed E-state index contributed by atoms with van der Waals surface area (Å²) in [6.07, 6.45) is 0.794. The summed E-state index contributed by atoms with van der Waals surface area (Å²) >= 11 is 1.35. The van der Waals surface area contributed by atoms with Crippen molar-refractivity contribution < 1.29 is 18.7 Å². The van der Waals surface area contributed by atoms with Gasteiger partial charge in [-0.05, 0) is 53.9 Å². The summed E-state index contributed by atoms with van der Waals surface area (Å²) in [7, 11) is 3.01. The molecule has 0 aliphatic heterocycles. The van der Waals surface area contributed by atoms with Crippen LogP contribution in [0.15, 0.2) is 66.7 Å².